The molecule has 0 fully saturated rings. The van der Waals surface area contributed by atoms with E-state index in [1.165, 1.54) is 33.3 Å². The molecule has 0 saturated carbocycles. The van der Waals surface area contributed by atoms with E-state index in [-0.39, 0.29) is 0 Å². The summed E-state index contributed by atoms with van der Waals surface area (Å²) in [6, 6.07) is 17.5. The topological polar surface area (TPSA) is 109 Å². The molecule has 40 heavy (non-hydrogen) atoms. The molecule has 210 valence electrons. The fourth-order valence-electron chi connectivity index (χ4n) is 4.56. The van der Waals surface area contributed by atoms with Crippen LogP contribution in [0.25, 0.3) is 44.2 Å². The Morgan fingerprint density at radius 2 is 1.35 bits per heavy atom. The Labute approximate surface area is 239 Å². The van der Waals surface area contributed by atoms with Gasteiger partial charge in [0.1, 0.15) is 11.6 Å². The van der Waals surface area contributed by atoms with Crippen molar-refractivity contribution < 1.29 is 0 Å². The van der Waals surface area contributed by atoms with Gasteiger partial charge in [0.25, 0.3) is 0 Å². The highest BCUT2D eigenvalue weighted by atomic mass is 15.0. The number of imidazole rings is 2. The molecule has 5 aromatic rings. The van der Waals surface area contributed by atoms with Gasteiger partial charge in [0.15, 0.2) is 0 Å². The maximum absolute atomic E-state index is 5.76. The molecule has 0 aliphatic heterocycles. The van der Waals surface area contributed by atoms with Gasteiger partial charge in [-0.05, 0) is 58.9 Å². The van der Waals surface area contributed by atoms with Crippen LogP contribution in [0.15, 0.2) is 48.5 Å². The molecular formula is C34H44N6. The van der Waals surface area contributed by atoms with Crippen molar-refractivity contribution >= 4 is 21.8 Å². The van der Waals surface area contributed by atoms with Gasteiger partial charge in [-0.2, -0.15) is 0 Å². The first-order valence-electron chi connectivity index (χ1n) is 14.1. The zero-order chi connectivity index (χ0) is 29.4. The summed E-state index contributed by atoms with van der Waals surface area (Å²) in [6.45, 7) is 13.8. The third-order valence-electron chi connectivity index (χ3n) is 6.07. The molecule has 2 heterocycles. The maximum atomic E-state index is 5.76. The number of benzene rings is 3. The summed E-state index contributed by atoms with van der Waals surface area (Å²) in [7, 11) is 0. The van der Waals surface area contributed by atoms with E-state index in [0.717, 1.165) is 58.4 Å². The van der Waals surface area contributed by atoms with Crippen LogP contribution in [0.3, 0.4) is 0 Å². The number of aromatic nitrogens is 4. The normalized spacial score (nSPS) is 11.6. The Bertz CT molecular complexity index is 1560. The highest BCUT2D eigenvalue weighted by Crippen LogP contribution is 2.36. The number of aromatic amines is 2. The number of nitrogens with zero attached hydrogens (tertiary/aromatic N) is 2. The van der Waals surface area contributed by atoms with Crippen LogP contribution < -0.4 is 11.5 Å². The molecule has 3 aromatic carbocycles. The smallest absolute Gasteiger partial charge is 0.121 e. The van der Waals surface area contributed by atoms with Gasteiger partial charge >= 0.3 is 0 Å². The molecular weight excluding hydrogens is 492 g/mol. The Morgan fingerprint density at radius 3 is 2.00 bits per heavy atom. The summed E-state index contributed by atoms with van der Waals surface area (Å²) in [6.07, 6.45) is 9.98. The lowest BCUT2D eigenvalue weighted by molar-refractivity contribution is 0.736. The Balaban J connectivity index is 0.000000388. The second kappa shape index (κ2) is 13.9. The SMILES string of the molecule is C#C.CC(C)C.CC(C)C.NCc1nc2c([nH]1)CCc1cc(-c3ccc4c(ccc5[nH]c(CN)nc54)c3)ccc1-2. The van der Waals surface area contributed by atoms with Crippen LogP contribution in [0.2, 0.25) is 0 Å². The average Bonchev–Trinajstić information content (AvgIpc) is 3.57. The van der Waals surface area contributed by atoms with Crippen molar-refractivity contribution in [3.05, 3.63) is 71.4 Å². The van der Waals surface area contributed by atoms with Crippen molar-refractivity contribution in [2.75, 3.05) is 0 Å². The van der Waals surface area contributed by atoms with Gasteiger partial charge in [-0.25, -0.2) is 9.97 Å². The molecule has 1 aliphatic rings. The van der Waals surface area contributed by atoms with Gasteiger partial charge in [-0.1, -0.05) is 77.9 Å². The summed E-state index contributed by atoms with van der Waals surface area (Å²) in [5.74, 6) is 3.33. The van der Waals surface area contributed by atoms with E-state index in [9.17, 15) is 0 Å². The summed E-state index contributed by atoms with van der Waals surface area (Å²) in [4.78, 5) is 16.0. The second-order valence-corrected chi connectivity index (χ2v) is 11.3. The zero-order valence-corrected chi connectivity index (χ0v) is 24.8. The highest BCUT2D eigenvalue weighted by Gasteiger charge is 2.20. The molecule has 6 nitrogen and oxygen atoms in total. The zero-order valence-electron chi connectivity index (χ0n) is 24.8. The minimum Gasteiger partial charge on any atom is -0.344 e. The van der Waals surface area contributed by atoms with Crippen LogP contribution in [0.1, 0.15) is 64.4 Å². The fraction of sp³-hybridized carbons (Fsp3) is 0.353. The van der Waals surface area contributed by atoms with E-state index in [1.54, 1.807) is 0 Å². The van der Waals surface area contributed by atoms with Gasteiger partial charge in [-0.3, -0.25) is 0 Å². The van der Waals surface area contributed by atoms with E-state index in [4.69, 9.17) is 16.5 Å². The number of aryl methyl sites for hydroxylation is 2. The predicted octanol–water partition coefficient (Wildman–Crippen LogP) is 7.36. The van der Waals surface area contributed by atoms with E-state index in [1.807, 2.05) is 0 Å². The molecule has 0 atom stereocenters. The first-order chi connectivity index (χ1) is 19.2. The first-order valence-corrected chi connectivity index (χ1v) is 14.1. The number of nitrogens with one attached hydrogen (secondary N) is 2. The van der Waals surface area contributed by atoms with Crippen molar-refractivity contribution in [3.8, 4) is 35.2 Å². The highest BCUT2D eigenvalue weighted by molar-refractivity contribution is 6.05. The van der Waals surface area contributed by atoms with Gasteiger partial charge < -0.3 is 21.4 Å². The van der Waals surface area contributed by atoms with Crippen LogP contribution in [0, 0.1) is 24.7 Å². The molecule has 1 aliphatic carbocycles. The molecule has 0 amide bonds. The summed E-state index contributed by atoms with van der Waals surface area (Å²) in [5.41, 5.74) is 20.7. The Kier molecular flexibility index (Phi) is 10.7. The minimum atomic E-state index is 0.411. The van der Waals surface area contributed by atoms with E-state index in [2.05, 4.69) is 118 Å². The third-order valence-corrected chi connectivity index (χ3v) is 6.07. The van der Waals surface area contributed by atoms with Crippen molar-refractivity contribution in [2.45, 2.75) is 67.5 Å². The summed E-state index contributed by atoms with van der Waals surface area (Å²) >= 11 is 0. The van der Waals surface area contributed by atoms with Crippen LogP contribution in [0.5, 0.6) is 0 Å². The lowest BCUT2D eigenvalue weighted by atomic mass is 9.89. The van der Waals surface area contributed by atoms with Crippen LogP contribution in [-0.4, -0.2) is 19.9 Å². The maximum Gasteiger partial charge on any atom is 0.121 e. The van der Waals surface area contributed by atoms with Gasteiger partial charge in [0.05, 0.1) is 29.8 Å². The second-order valence-electron chi connectivity index (χ2n) is 11.3. The van der Waals surface area contributed by atoms with E-state index >= 15 is 0 Å². The van der Waals surface area contributed by atoms with E-state index in [0.29, 0.717) is 13.1 Å². The minimum absolute atomic E-state index is 0.411. The fourth-order valence-corrected chi connectivity index (χ4v) is 4.56. The molecule has 0 saturated heterocycles. The predicted molar refractivity (Wildman–Crippen MR) is 171 cm³/mol. The molecule has 0 bridgehead atoms. The van der Waals surface area contributed by atoms with Crippen LogP contribution in [0.4, 0.5) is 0 Å². The first kappa shape index (κ1) is 30.6. The molecule has 2 aromatic heterocycles. The molecule has 0 spiro atoms. The van der Waals surface area contributed by atoms with Gasteiger partial charge in [-0.15, -0.1) is 12.8 Å². The molecule has 6 heteroatoms. The van der Waals surface area contributed by atoms with Gasteiger partial charge in [0.2, 0.25) is 0 Å². The third kappa shape index (κ3) is 7.18. The number of hydrogen-bond donors (Lipinski definition) is 4. The van der Waals surface area contributed by atoms with Crippen molar-refractivity contribution in [3.63, 3.8) is 0 Å². The van der Waals surface area contributed by atoms with Crippen LogP contribution >= 0.6 is 0 Å². The monoisotopic (exact) mass is 536 g/mol. The molecule has 6 N–H and O–H groups in total. The molecule has 6 rings (SSSR count). The number of nitrogens with two attached hydrogens (primary N) is 2. The van der Waals surface area contributed by atoms with Crippen LogP contribution in [-0.2, 0) is 25.9 Å². The molecule has 0 unspecified atom stereocenters. The largest absolute Gasteiger partial charge is 0.344 e. The molecule has 0 radical (unpaired) electrons. The standard InChI is InChI=1S/C24H22N6.2C4H10.C2H2/c25-11-21-27-19-7-3-15-9-13(1-5-17(15)23(19)29-21)14-2-6-18-16(10-14)4-8-20-24(18)30-22(12-26)28-20;2*1-4(2)3;1-2/h1-3,5-7,9-10H,4,8,11-12,25-26H2,(H,27,29)(H,28,30);2*4H,1-3H3;1-2H. The number of hydrogen-bond acceptors (Lipinski definition) is 4. The average molecular weight is 537 g/mol. The quantitative estimate of drug-likeness (QED) is 0.181. The van der Waals surface area contributed by atoms with E-state index < -0.39 is 0 Å². The lowest BCUT2D eigenvalue weighted by Gasteiger charge is -2.16. The van der Waals surface area contributed by atoms with Crippen molar-refractivity contribution in [2.24, 2.45) is 23.3 Å². The number of rotatable bonds is 3. The van der Waals surface area contributed by atoms with Crippen molar-refractivity contribution in [1.82, 2.24) is 19.9 Å². The number of terminal acetylenes is 1. The summed E-state index contributed by atoms with van der Waals surface area (Å²) in [5, 5.41) is 2.32. The lowest BCUT2D eigenvalue weighted by Crippen LogP contribution is -2.03. The van der Waals surface area contributed by atoms with Crippen molar-refractivity contribution in [1.29, 1.82) is 0 Å². The summed E-state index contributed by atoms with van der Waals surface area (Å²) < 4.78 is 0. The number of H-pyrrole nitrogens is 2. The Morgan fingerprint density at radius 1 is 0.750 bits per heavy atom. The number of fused-ring (bicyclic) bond motifs is 6. The van der Waals surface area contributed by atoms with Gasteiger partial charge in [0, 0.05) is 16.6 Å². The Hall–Kier alpha value is -3.92.